The maximum atomic E-state index is 13.6. The lowest BCUT2D eigenvalue weighted by atomic mass is 9.50. The number of benzene rings is 6. The van der Waals surface area contributed by atoms with Gasteiger partial charge in [0.25, 0.3) is 0 Å². The molecule has 512 valence electrons. The molecule has 12 bridgehead atoms. The van der Waals surface area contributed by atoms with Gasteiger partial charge in [-0.2, -0.15) is 0 Å². The molecule has 12 fully saturated rings. The van der Waals surface area contributed by atoms with Crippen LogP contribution >= 0.6 is 136 Å². The number of ether oxygens (including phenoxy) is 9. The molecule has 6 aromatic rings. The topological polar surface area (TPSA) is 134 Å². The van der Waals surface area contributed by atoms with E-state index >= 15 is 0 Å². The zero-order valence-corrected chi connectivity index (χ0v) is 68.5. The number of rotatable bonds is 24. The van der Waals surface area contributed by atoms with Crippen molar-refractivity contribution in [2.75, 3.05) is 19.8 Å². The summed E-state index contributed by atoms with van der Waals surface area (Å²) in [6, 6.07) is 37.2. The van der Waals surface area contributed by atoms with Crippen molar-refractivity contribution in [2.45, 2.75) is 168 Å². The minimum atomic E-state index is -0.597. The second kappa shape index (κ2) is 29.1. The highest BCUT2D eigenvalue weighted by Gasteiger charge is 2.60. The Morgan fingerprint density at radius 1 is 0.340 bits per heavy atom. The van der Waals surface area contributed by atoms with Gasteiger partial charge in [0, 0.05) is 27.4 Å². The minimum Gasteiger partial charge on any atom is -0.489 e. The molecule has 0 saturated heterocycles. The van der Waals surface area contributed by atoms with Crippen LogP contribution in [-0.2, 0) is 59.3 Å². The smallest absolute Gasteiger partial charge is 0.344 e. The molecule has 12 nitrogen and oxygen atoms in total. The summed E-state index contributed by atoms with van der Waals surface area (Å²) in [7, 11) is -0.597. The first kappa shape index (κ1) is 69.9. The average molecular weight is 2000 g/mol. The third-order valence-electron chi connectivity index (χ3n) is 23.9. The molecule has 18 rings (SSSR count). The van der Waals surface area contributed by atoms with Crippen molar-refractivity contribution in [1.29, 1.82) is 0 Å². The van der Waals surface area contributed by atoms with Crippen molar-refractivity contribution in [2.24, 2.45) is 71.0 Å². The second-order valence-electron chi connectivity index (χ2n) is 30.0. The van der Waals surface area contributed by atoms with Gasteiger partial charge in [0.2, 0.25) is 0 Å². The molecule has 0 atom stereocenters. The lowest BCUT2D eigenvalue weighted by molar-refractivity contribution is -0.205. The van der Waals surface area contributed by atoms with E-state index in [1.807, 2.05) is 36.4 Å². The fourth-order valence-electron chi connectivity index (χ4n) is 19.6. The molecule has 0 aromatic heterocycles. The van der Waals surface area contributed by atoms with Gasteiger partial charge in [-0.15, -0.1) is 0 Å². The maximum Gasteiger partial charge on any atom is 0.344 e. The van der Waals surface area contributed by atoms with Crippen molar-refractivity contribution in [3.05, 3.63) is 147 Å². The number of hydrogen-bond acceptors (Lipinski definition) is 12. The normalized spacial score (nSPS) is 30.8. The van der Waals surface area contributed by atoms with Crippen molar-refractivity contribution in [3.63, 3.8) is 0 Å². The Balaban J connectivity index is 0.631. The van der Waals surface area contributed by atoms with Crippen molar-refractivity contribution < 1.29 is 57.0 Å². The van der Waals surface area contributed by atoms with Gasteiger partial charge in [0.1, 0.15) is 71.1 Å². The van der Waals surface area contributed by atoms with Gasteiger partial charge >= 0.3 is 17.9 Å². The van der Waals surface area contributed by atoms with E-state index in [0.717, 1.165) is 165 Å². The molecular formula is C78H81I6O12S+. The van der Waals surface area contributed by atoms with Gasteiger partial charge in [0.15, 0.2) is 34.5 Å². The first-order valence-corrected chi connectivity index (χ1v) is 42.3. The van der Waals surface area contributed by atoms with Gasteiger partial charge < -0.3 is 42.6 Å². The summed E-state index contributed by atoms with van der Waals surface area (Å²) in [5.41, 5.74) is 1.27. The molecule has 0 spiro atoms. The van der Waals surface area contributed by atoms with Crippen LogP contribution in [0.2, 0.25) is 0 Å². The van der Waals surface area contributed by atoms with Crippen LogP contribution in [0.3, 0.4) is 0 Å². The second-order valence-corrected chi connectivity index (χ2v) is 39.2. The lowest BCUT2D eigenvalue weighted by Crippen LogP contribution is -2.58. The van der Waals surface area contributed by atoms with Crippen molar-refractivity contribution in [3.8, 4) is 34.5 Å². The van der Waals surface area contributed by atoms with Crippen molar-refractivity contribution >= 4 is 164 Å². The number of esters is 3. The fourth-order valence-corrected chi connectivity index (χ4v) is 28.0. The van der Waals surface area contributed by atoms with Crippen LogP contribution in [0.1, 0.15) is 134 Å². The molecule has 0 N–H and O–H groups in total. The first-order valence-electron chi connectivity index (χ1n) is 34.6. The largest absolute Gasteiger partial charge is 0.489 e. The Morgan fingerprint density at radius 3 is 0.794 bits per heavy atom. The van der Waals surface area contributed by atoms with E-state index < -0.39 is 27.7 Å². The zero-order valence-electron chi connectivity index (χ0n) is 54.7. The quantitative estimate of drug-likeness (QED) is 0.0247. The maximum absolute atomic E-state index is 13.6. The number of hydrogen-bond donors (Lipinski definition) is 0. The van der Waals surface area contributed by atoms with E-state index in [-0.39, 0.29) is 57.5 Å². The Hall–Kier alpha value is -2.74. The summed E-state index contributed by atoms with van der Waals surface area (Å²) in [6.07, 6.45) is 18.0. The van der Waals surface area contributed by atoms with E-state index in [0.29, 0.717) is 70.0 Å². The van der Waals surface area contributed by atoms with Crippen LogP contribution in [0.4, 0.5) is 0 Å². The van der Waals surface area contributed by atoms with Crippen LogP contribution in [0.15, 0.2) is 124 Å². The van der Waals surface area contributed by atoms with E-state index in [4.69, 9.17) is 42.6 Å². The predicted octanol–water partition coefficient (Wildman–Crippen LogP) is 19.6. The molecule has 12 saturated carbocycles. The highest BCUT2D eigenvalue weighted by Crippen LogP contribution is 2.62. The summed E-state index contributed by atoms with van der Waals surface area (Å²) in [5, 5.41) is 0. The standard InChI is InChI=1S/C78H81I6O12S/c1-76(52-19-43-16-44(21-52)22-53(76)20-43)94-70(85)40-91-73-49(31-58(79)34-67(73)82)37-88-61-4-10-64(11-5-61)97(65-12-6-62(7-13-65)89-38-50-32-59(80)35-68(83)74(50)92-41-71(86)95-77(2)54-23-45-17-46(25-54)26-55(77)24-45)66-14-8-63(9-15-66)90-39-51-33-60(81)36-69(84)75(51)93-42-72(87)96-78(3)56-27-47-18-48(29-56)30-57(78)28-47/h4-15,31-36,43-48,52-57H,16-30,37-42H2,1-3H3/q+1. The van der Waals surface area contributed by atoms with Gasteiger partial charge in [-0.1, -0.05) is 0 Å². The lowest BCUT2D eigenvalue weighted by Gasteiger charge is -2.59. The van der Waals surface area contributed by atoms with Crippen LogP contribution in [0, 0.1) is 92.4 Å². The van der Waals surface area contributed by atoms with Crippen molar-refractivity contribution in [1.82, 2.24) is 0 Å². The van der Waals surface area contributed by atoms with Crippen LogP contribution < -0.4 is 28.4 Å². The van der Waals surface area contributed by atoms with E-state index in [1.54, 1.807) is 0 Å². The van der Waals surface area contributed by atoms with Gasteiger partial charge in [-0.3, -0.25) is 0 Å². The summed E-state index contributed by atoms with van der Waals surface area (Å²) in [5.74, 6) is 10.3. The summed E-state index contributed by atoms with van der Waals surface area (Å²) >= 11 is 13.8. The molecule has 19 heteroatoms. The molecule has 0 amide bonds. The van der Waals surface area contributed by atoms with Gasteiger partial charge in [-0.25, -0.2) is 14.4 Å². The highest BCUT2D eigenvalue weighted by molar-refractivity contribution is 14.1. The summed E-state index contributed by atoms with van der Waals surface area (Å²) < 4.78 is 63.8. The predicted molar refractivity (Wildman–Crippen MR) is 421 cm³/mol. The minimum absolute atomic E-state index is 0.161. The molecule has 0 unspecified atom stereocenters. The highest BCUT2D eigenvalue weighted by atomic mass is 127. The zero-order chi connectivity index (χ0) is 67.1. The molecule has 0 aliphatic heterocycles. The fraction of sp³-hybridized carbons (Fsp3) is 0.500. The number of halogens is 6. The monoisotopic (exact) mass is 2000 g/mol. The first-order chi connectivity index (χ1) is 46.7. The molecule has 0 heterocycles. The Kier molecular flexibility index (Phi) is 21.0. The summed E-state index contributed by atoms with van der Waals surface area (Å²) in [6.45, 7) is 6.75. The number of carbonyl (C=O) groups excluding carboxylic acids is 3. The molecule has 97 heavy (non-hydrogen) atoms. The third kappa shape index (κ3) is 14.9. The summed E-state index contributed by atoms with van der Waals surface area (Å²) in [4.78, 5) is 44.2. The molecule has 0 radical (unpaired) electrons. The van der Waals surface area contributed by atoms with Crippen LogP contribution in [0.25, 0.3) is 0 Å². The number of carbonyl (C=O) groups is 3. The third-order valence-corrected chi connectivity index (χ3v) is 30.4. The molecular weight excluding hydrogens is 1920 g/mol. The van der Waals surface area contributed by atoms with Gasteiger partial charge in [-0.05, 0) is 433 Å². The van der Waals surface area contributed by atoms with E-state index in [2.05, 4.69) is 229 Å². The Labute approximate surface area is 654 Å². The van der Waals surface area contributed by atoms with E-state index in [9.17, 15) is 14.4 Å². The Bertz CT molecular complexity index is 3470. The van der Waals surface area contributed by atoms with E-state index in [1.165, 1.54) is 19.3 Å². The van der Waals surface area contributed by atoms with Gasteiger partial charge in [0.05, 0.1) is 21.6 Å². The molecule has 12 aliphatic carbocycles. The molecule has 6 aromatic carbocycles. The van der Waals surface area contributed by atoms with Crippen LogP contribution in [-0.4, -0.2) is 54.5 Å². The molecule has 12 aliphatic rings. The Morgan fingerprint density at radius 2 is 0.567 bits per heavy atom. The average Bonchev–Trinajstić information content (AvgIpc) is 0.746. The SMILES string of the molecule is CC1(OC(=O)COc2c(I)cc(I)cc2COc2ccc([S+](c3ccc(OCc4cc(I)cc(I)c4OCC(=O)OC4(C)C5CC6CC(C5)CC4C6)cc3)c3ccc(OCc4cc(I)cc(I)c4OCC(=O)OC4(C)C5CC6CC(C5)CC4C6)cc3)cc2)C2CC3CC(C2)CC1C3. The van der Waals surface area contributed by atoms with Crippen LogP contribution in [0.5, 0.6) is 34.5 Å².